The fraction of sp³-hybridized carbons (Fsp3) is 0.375. The number of nitrogens with zero attached hydrogens (tertiary/aromatic N) is 3. The second-order valence-electron chi connectivity index (χ2n) is 8.24. The van der Waals surface area contributed by atoms with Crippen LogP contribution >= 0.6 is 0 Å². The van der Waals surface area contributed by atoms with Crippen LogP contribution in [0.2, 0.25) is 0 Å². The van der Waals surface area contributed by atoms with Crippen LogP contribution in [0.15, 0.2) is 47.0 Å². The van der Waals surface area contributed by atoms with Crippen molar-refractivity contribution >= 4 is 5.91 Å². The number of carbonyl (C=O) groups excluding carboxylic acids is 1. The third-order valence-corrected chi connectivity index (χ3v) is 5.98. The first-order valence-electron chi connectivity index (χ1n) is 10.7. The summed E-state index contributed by atoms with van der Waals surface area (Å²) in [5.74, 6) is 3.16. The Morgan fingerprint density at radius 2 is 2.03 bits per heavy atom. The molecule has 1 atom stereocenters. The Morgan fingerprint density at radius 1 is 1.16 bits per heavy atom. The Labute approximate surface area is 181 Å². The molecule has 5 rings (SSSR count). The van der Waals surface area contributed by atoms with Gasteiger partial charge in [-0.3, -0.25) is 4.79 Å². The zero-order valence-electron chi connectivity index (χ0n) is 17.5. The van der Waals surface area contributed by atoms with E-state index in [4.69, 9.17) is 14.0 Å². The number of rotatable bonds is 5. The van der Waals surface area contributed by atoms with Crippen molar-refractivity contribution in [3.05, 3.63) is 59.5 Å². The van der Waals surface area contributed by atoms with Gasteiger partial charge in [0.2, 0.25) is 24.4 Å². The molecule has 7 nitrogen and oxygen atoms in total. The van der Waals surface area contributed by atoms with Crippen molar-refractivity contribution in [2.24, 2.45) is 5.92 Å². The summed E-state index contributed by atoms with van der Waals surface area (Å²) in [6.07, 6.45) is 3.08. The molecule has 31 heavy (non-hydrogen) atoms. The highest BCUT2D eigenvalue weighted by molar-refractivity contribution is 5.79. The van der Waals surface area contributed by atoms with Gasteiger partial charge in [0.1, 0.15) is 0 Å². The monoisotopic (exact) mass is 419 g/mol. The van der Waals surface area contributed by atoms with Gasteiger partial charge < -0.3 is 18.9 Å². The van der Waals surface area contributed by atoms with E-state index in [1.807, 2.05) is 54.3 Å². The molecular weight excluding hydrogens is 394 g/mol. The van der Waals surface area contributed by atoms with Crippen LogP contribution in [0.1, 0.15) is 29.9 Å². The maximum atomic E-state index is 12.9. The Morgan fingerprint density at radius 3 is 2.94 bits per heavy atom. The highest BCUT2D eigenvalue weighted by Crippen LogP contribution is 2.33. The Kier molecular flexibility index (Phi) is 5.32. The minimum absolute atomic E-state index is 0.134. The van der Waals surface area contributed by atoms with Gasteiger partial charge in [0.05, 0.1) is 6.42 Å². The normalized spacial score (nSPS) is 17.7. The van der Waals surface area contributed by atoms with Crippen LogP contribution in [0.3, 0.4) is 0 Å². The number of ether oxygens (including phenoxy) is 2. The van der Waals surface area contributed by atoms with Gasteiger partial charge in [-0.1, -0.05) is 35.5 Å². The van der Waals surface area contributed by atoms with Crippen molar-refractivity contribution < 1.29 is 18.8 Å². The average molecular weight is 419 g/mol. The van der Waals surface area contributed by atoms with Crippen molar-refractivity contribution in [2.75, 3.05) is 19.9 Å². The molecule has 2 aliphatic rings. The number of likely N-dealkylation sites (tertiary alicyclic amines) is 1. The summed E-state index contributed by atoms with van der Waals surface area (Å²) in [5.41, 5.74) is 3.05. The lowest BCUT2D eigenvalue weighted by molar-refractivity contribution is -0.132. The molecule has 2 aliphatic heterocycles. The second kappa shape index (κ2) is 8.41. The maximum absolute atomic E-state index is 12.9. The van der Waals surface area contributed by atoms with Gasteiger partial charge in [-0.15, -0.1) is 0 Å². The van der Waals surface area contributed by atoms with Crippen molar-refractivity contribution in [3.63, 3.8) is 0 Å². The SMILES string of the molecule is Cc1ccccc1-c1noc(C[C@H]2CCCN(C(=O)Cc3ccc4c(c3)OCO4)C2)n1. The molecule has 0 aliphatic carbocycles. The topological polar surface area (TPSA) is 77.7 Å². The van der Waals surface area contributed by atoms with Gasteiger partial charge in [-0.25, -0.2) is 0 Å². The standard InChI is InChI=1S/C24H25N3O4/c1-16-5-2-3-7-19(16)24-25-22(31-26-24)12-18-6-4-10-27(14-18)23(28)13-17-8-9-20-21(11-17)30-15-29-20/h2-3,5,7-9,11,18H,4,6,10,12-15H2,1H3/t18-/m1/s1. The smallest absolute Gasteiger partial charge is 0.231 e. The number of aryl methyl sites for hydroxylation is 1. The summed E-state index contributed by atoms with van der Waals surface area (Å²) < 4.78 is 16.3. The first-order chi connectivity index (χ1) is 15.2. The van der Waals surface area contributed by atoms with Crippen LogP contribution in [0.25, 0.3) is 11.4 Å². The van der Waals surface area contributed by atoms with E-state index in [0.29, 0.717) is 42.8 Å². The van der Waals surface area contributed by atoms with Gasteiger partial charge >= 0.3 is 0 Å². The molecule has 1 amide bonds. The first kappa shape index (κ1) is 19.6. The third-order valence-electron chi connectivity index (χ3n) is 5.98. The van der Waals surface area contributed by atoms with Crippen LogP contribution in [-0.4, -0.2) is 40.8 Å². The molecule has 2 aromatic carbocycles. The van der Waals surface area contributed by atoms with Crippen LogP contribution in [-0.2, 0) is 17.6 Å². The lowest BCUT2D eigenvalue weighted by Crippen LogP contribution is -2.41. The summed E-state index contributed by atoms with van der Waals surface area (Å²) in [6.45, 7) is 3.78. The van der Waals surface area contributed by atoms with Crippen molar-refractivity contribution in [2.45, 2.75) is 32.6 Å². The Bertz CT molecular complexity index is 1090. The quantitative estimate of drug-likeness (QED) is 0.626. The van der Waals surface area contributed by atoms with Crippen molar-refractivity contribution in [1.29, 1.82) is 0 Å². The predicted octanol–water partition coefficient (Wildman–Crippen LogP) is 3.80. The van der Waals surface area contributed by atoms with Crippen LogP contribution in [0, 0.1) is 12.8 Å². The van der Waals surface area contributed by atoms with Crippen molar-refractivity contribution in [1.82, 2.24) is 15.0 Å². The molecule has 3 heterocycles. The Balaban J connectivity index is 1.21. The number of amides is 1. The summed E-state index contributed by atoms with van der Waals surface area (Å²) in [7, 11) is 0. The van der Waals surface area contributed by atoms with Gasteiger partial charge in [-0.2, -0.15) is 4.98 Å². The predicted molar refractivity (Wildman–Crippen MR) is 114 cm³/mol. The molecule has 0 radical (unpaired) electrons. The van der Waals surface area contributed by atoms with Crippen LogP contribution < -0.4 is 9.47 Å². The molecule has 7 heteroatoms. The number of piperidine rings is 1. The molecule has 1 fully saturated rings. The molecule has 1 saturated heterocycles. The van der Waals surface area contributed by atoms with E-state index < -0.39 is 0 Å². The average Bonchev–Trinajstić information content (AvgIpc) is 3.43. The van der Waals surface area contributed by atoms with Crippen LogP contribution in [0.4, 0.5) is 0 Å². The summed E-state index contributed by atoms with van der Waals surface area (Å²) >= 11 is 0. The molecule has 160 valence electrons. The molecule has 0 bridgehead atoms. The van der Waals surface area contributed by atoms with Crippen molar-refractivity contribution in [3.8, 4) is 22.9 Å². The molecule has 0 unspecified atom stereocenters. The molecule has 0 spiro atoms. The van der Waals surface area contributed by atoms with E-state index in [2.05, 4.69) is 10.1 Å². The third kappa shape index (κ3) is 4.26. The molecule has 3 aromatic rings. The zero-order chi connectivity index (χ0) is 21.2. The number of aromatic nitrogens is 2. The fourth-order valence-electron chi connectivity index (χ4n) is 4.31. The van der Waals surface area contributed by atoms with E-state index in [9.17, 15) is 4.79 Å². The van der Waals surface area contributed by atoms with Gasteiger partial charge in [0.25, 0.3) is 0 Å². The number of fused-ring (bicyclic) bond motifs is 1. The van der Waals surface area contributed by atoms with Gasteiger partial charge in [-0.05, 0) is 48.9 Å². The number of hydrogen-bond acceptors (Lipinski definition) is 6. The van der Waals surface area contributed by atoms with E-state index >= 15 is 0 Å². The first-order valence-corrected chi connectivity index (χ1v) is 10.7. The maximum Gasteiger partial charge on any atom is 0.231 e. The fourth-order valence-corrected chi connectivity index (χ4v) is 4.31. The van der Waals surface area contributed by atoms with Gasteiger partial charge in [0, 0.05) is 25.1 Å². The highest BCUT2D eigenvalue weighted by Gasteiger charge is 2.26. The summed E-state index contributed by atoms with van der Waals surface area (Å²) in [6, 6.07) is 13.7. The molecule has 0 saturated carbocycles. The molecule has 1 aromatic heterocycles. The van der Waals surface area contributed by atoms with E-state index in [1.54, 1.807) is 0 Å². The van der Waals surface area contributed by atoms with E-state index in [1.165, 1.54) is 0 Å². The minimum atomic E-state index is 0.134. The number of carbonyl (C=O) groups is 1. The van der Waals surface area contributed by atoms with E-state index in [0.717, 1.165) is 41.8 Å². The number of benzene rings is 2. The van der Waals surface area contributed by atoms with E-state index in [-0.39, 0.29) is 12.7 Å². The number of hydrogen-bond donors (Lipinski definition) is 0. The second-order valence-corrected chi connectivity index (χ2v) is 8.24. The summed E-state index contributed by atoms with van der Waals surface area (Å²) in [4.78, 5) is 19.4. The van der Waals surface area contributed by atoms with Crippen LogP contribution in [0.5, 0.6) is 11.5 Å². The molecular formula is C24H25N3O4. The largest absolute Gasteiger partial charge is 0.454 e. The summed E-state index contributed by atoms with van der Waals surface area (Å²) in [5, 5.41) is 4.16. The van der Waals surface area contributed by atoms with Gasteiger partial charge in [0.15, 0.2) is 11.5 Å². The highest BCUT2D eigenvalue weighted by atomic mass is 16.7. The minimum Gasteiger partial charge on any atom is -0.454 e. The Hall–Kier alpha value is -3.35. The lowest BCUT2D eigenvalue weighted by Gasteiger charge is -2.32. The molecule has 0 N–H and O–H groups in total. The lowest BCUT2D eigenvalue weighted by atomic mass is 9.94. The zero-order valence-corrected chi connectivity index (χ0v) is 17.5.